The van der Waals surface area contributed by atoms with Gasteiger partial charge >= 0.3 is 6.18 Å². The minimum Gasteiger partial charge on any atom is -0.370 e. The van der Waals surface area contributed by atoms with Crippen molar-refractivity contribution in [3.8, 4) is 0 Å². The van der Waals surface area contributed by atoms with Crippen LogP contribution in [0.2, 0.25) is 0 Å². The summed E-state index contributed by atoms with van der Waals surface area (Å²) in [5.74, 6) is -0.290. The summed E-state index contributed by atoms with van der Waals surface area (Å²) in [6.07, 6.45) is -3.71. The second kappa shape index (κ2) is 4.99. The summed E-state index contributed by atoms with van der Waals surface area (Å²) >= 11 is 0. The molecule has 102 valence electrons. The van der Waals surface area contributed by atoms with Gasteiger partial charge < -0.3 is 11.1 Å². The van der Waals surface area contributed by atoms with Gasteiger partial charge in [-0.25, -0.2) is 4.98 Å². The highest BCUT2D eigenvalue weighted by Crippen LogP contribution is 2.29. The van der Waals surface area contributed by atoms with E-state index >= 15 is 0 Å². The van der Waals surface area contributed by atoms with E-state index in [0.29, 0.717) is 6.54 Å². The Morgan fingerprint density at radius 3 is 2.33 bits per heavy atom. The van der Waals surface area contributed by atoms with E-state index in [4.69, 9.17) is 5.73 Å². The fraction of sp³-hybridized carbons (Fsp3) is 0.636. The maximum absolute atomic E-state index is 12.5. The third-order valence-corrected chi connectivity index (χ3v) is 2.21. The molecule has 18 heavy (non-hydrogen) atoms. The summed E-state index contributed by atoms with van der Waals surface area (Å²) in [5, 5.41) is 2.82. The van der Waals surface area contributed by atoms with Crippen LogP contribution in [0, 0.1) is 5.41 Å². The minimum absolute atomic E-state index is 0.0957. The Bertz CT molecular complexity index is 410. The molecular weight excluding hydrogens is 245 g/mol. The van der Waals surface area contributed by atoms with Crippen LogP contribution in [0.15, 0.2) is 6.07 Å². The Balaban J connectivity index is 2.75. The molecule has 1 rings (SSSR count). The van der Waals surface area contributed by atoms with Gasteiger partial charge in [0.05, 0.1) is 0 Å². The van der Waals surface area contributed by atoms with Crippen molar-refractivity contribution in [3.63, 3.8) is 0 Å². The molecule has 0 saturated heterocycles. The van der Waals surface area contributed by atoms with Gasteiger partial charge in [0, 0.05) is 12.6 Å². The summed E-state index contributed by atoms with van der Waals surface area (Å²) < 4.78 is 37.5. The lowest BCUT2D eigenvalue weighted by Crippen LogP contribution is -2.16. The van der Waals surface area contributed by atoms with Gasteiger partial charge in [-0.1, -0.05) is 20.8 Å². The fourth-order valence-corrected chi connectivity index (χ4v) is 1.27. The van der Waals surface area contributed by atoms with Crippen molar-refractivity contribution >= 4 is 11.8 Å². The Morgan fingerprint density at radius 1 is 1.22 bits per heavy atom. The van der Waals surface area contributed by atoms with E-state index in [9.17, 15) is 13.2 Å². The molecule has 0 spiro atoms. The number of rotatable bonds is 3. The Morgan fingerprint density at radius 2 is 1.83 bits per heavy atom. The van der Waals surface area contributed by atoms with Crippen LogP contribution in [0.1, 0.15) is 32.9 Å². The molecule has 0 saturated carbocycles. The molecule has 0 aliphatic carbocycles. The first-order chi connectivity index (χ1) is 8.08. The number of nitrogens with two attached hydrogens (primary N) is 1. The molecule has 1 heterocycles. The average Bonchev–Trinajstić information content (AvgIpc) is 2.13. The van der Waals surface area contributed by atoms with E-state index in [-0.39, 0.29) is 17.2 Å². The first kappa shape index (κ1) is 14.5. The molecule has 0 bridgehead atoms. The lowest BCUT2D eigenvalue weighted by Gasteiger charge is -2.18. The van der Waals surface area contributed by atoms with Crippen LogP contribution in [0.5, 0.6) is 0 Å². The van der Waals surface area contributed by atoms with Crippen molar-refractivity contribution in [1.29, 1.82) is 0 Å². The molecule has 0 atom stereocenters. The van der Waals surface area contributed by atoms with Crippen molar-refractivity contribution in [1.82, 2.24) is 9.97 Å². The summed E-state index contributed by atoms with van der Waals surface area (Å²) in [6, 6.07) is 0.860. The van der Waals surface area contributed by atoms with Gasteiger partial charge in [-0.05, 0) is 11.8 Å². The summed E-state index contributed by atoms with van der Waals surface area (Å²) in [7, 11) is 0. The van der Waals surface area contributed by atoms with Crippen LogP contribution < -0.4 is 11.1 Å². The predicted octanol–water partition coefficient (Wildman–Crippen LogP) is 2.93. The minimum atomic E-state index is -4.52. The van der Waals surface area contributed by atoms with Crippen LogP contribution >= 0.6 is 0 Å². The van der Waals surface area contributed by atoms with Gasteiger partial charge in [-0.15, -0.1) is 0 Å². The third kappa shape index (κ3) is 4.77. The second-order valence-corrected chi connectivity index (χ2v) is 5.23. The van der Waals surface area contributed by atoms with Crippen LogP contribution in [0.25, 0.3) is 0 Å². The largest absolute Gasteiger partial charge is 0.433 e. The molecule has 0 fully saturated rings. The topological polar surface area (TPSA) is 63.8 Å². The van der Waals surface area contributed by atoms with Gasteiger partial charge in [0.2, 0.25) is 5.95 Å². The van der Waals surface area contributed by atoms with Crippen molar-refractivity contribution in [2.75, 3.05) is 17.6 Å². The second-order valence-electron chi connectivity index (χ2n) is 5.23. The zero-order valence-electron chi connectivity index (χ0n) is 10.6. The number of nitrogens with one attached hydrogen (secondary N) is 1. The molecule has 1 aromatic rings. The number of aromatic nitrogens is 2. The molecule has 1 aromatic heterocycles. The molecule has 4 nitrogen and oxygen atoms in total. The van der Waals surface area contributed by atoms with Gasteiger partial charge in [0.1, 0.15) is 5.82 Å². The molecule has 3 N–H and O–H groups in total. The summed E-state index contributed by atoms with van der Waals surface area (Å²) in [4.78, 5) is 6.89. The number of nitrogens with zero attached hydrogens (tertiary/aromatic N) is 2. The van der Waals surface area contributed by atoms with Gasteiger partial charge in [-0.3, -0.25) is 0 Å². The number of halogens is 3. The van der Waals surface area contributed by atoms with Crippen LogP contribution in [0.3, 0.4) is 0 Å². The molecule has 0 unspecified atom stereocenters. The van der Waals surface area contributed by atoms with E-state index in [2.05, 4.69) is 15.3 Å². The normalized spacial score (nSPS) is 12.6. The van der Waals surface area contributed by atoms with Crippen LogP contribution in [0.4, 0.5) is 24.9 Å². The zero-order chi connectivity index (χ0) is 14.0. The first-order valence-corrected chi connectivity index (χ1v) is 5.53. The smallest absolute Gasteiger partial charge is 0.370 e. The van der Waals surface area contributed by atoms with Gasteiger partial charge in [0.15, 0.2) is 5.69 Å². The molecule has 0 amide bonds. The van der Waals surface area contributed by atoms with E-state index in [1.165, 1.54) is 0 Å². The van der Waals surface area contributed by atoms with E-state index in [1.807, 2.05) is 20.8 Å². The molecule has 0 aliphatic rings. The standard InChI is InChI=1S/C11H17F3N4/c1-10(2,3)4-5-16-8-6-7(11(12,13)14)17-9(15)18-8/h6H,4-5H2,1-3H3,(H3,15,16,17,18). The van der Waals surface area contributed by atoms with E-state index in [0.717, 1.165) is 12.5 Å². The number of nitrogen functional groups attached to an aromatic ring is 1. The average molecular weight is 262 g/mol. The molecule has 0 aromatic carbocycles. The van der Waals surface area contributed by atoms with Gasteiger partial charge in [-0.2, -0.15) is 18.2 Å². The lowest BCUT2D eigenvalue weighted by atomic mass is 9.92. The predicted molar refractivity (Wildman–Crippen MR) is 64.0 cm³/mol. The maximum atomic E-state index is 12.5. The van der Waals surface area contributed by atoms with E-state index < -0.39 is 11.9 Å². The van der Waals surface area contributed by atoms with Crippen LogP contribution in [-0.2, 0) is 6.18 Å². The number of hydrogen-bond acceptors (Lipinski definition) is 4. The molecular formula is C11H17F3N4. The van der Waals surface area contributed by atoms with Crippen molar-refractivity contribution < 1.29 is 13.2 Å². The SMILES string of the molecule is CC(C)(C)CCNc1cc(C(F)(F)F)nc(N)n1. The molecule has 0 aliphatic heterocycles. The monoisotopic (exact) mass is 262 g/mol. The van der Waals surface area contributed by atoms with Crippen LogP contribution in [-0.4, -0.2) is 16.5 Å². The number of anilines is 2. The Labute approximate surface area is 104 Å². The Kier molecular flexibility index (Phi) is 4.03. The number of hydrogen-bond donors (Lipinski definition) is 2. The van der Waals surface area contributed by atoms with Crippen molar-refractivity contribution in [2.45, 2.75) is 33.4 Å². The number of alkyl halides is 3. The molecule has 7 heteroatoms. The lowest BCUT2D eigenvalue weighted by molar-refractivity contribution is -0.141. The van der Waals surface area contributed by atoms with Gasteiger partial charge in [0.25, 0.3) is 0 Å². The highest BCUT2D eigenvalue weighted by atomic mass is 19.4. The maximum Gasteiger partial charge on any atom is 0.433 e. The Hall–Kier alpha value is -1.53. The van der Waals surface area contributed by atoms with Crippen molar-refractivity contribution in [2.24, 2.45) is 5.41 Å². The fourth-order valence-electron chi connectivity index (χ4n) is 1.27. The first-order valence-electron chi connectivity index (χ1n) is 5.53. The molecule has 0 radical (unpaired) electrons. The van der Waals surface area contributed by atoms with E-state index in [1.54, 1.807) is 0 Å². The highest BCUT2D eigenvalue weighted by molar-refractivity contribution is 5.41. The summed E-state index contributed by atoms with van der Waals surface area (Å²) in [6.45, 7) is 6.66. The highest BCUT2D eigenvalue weighted by Gasteiger charge is 2.33. The summed E-state index contributed by atoms with van der Waals surface area (Å²) in [5.41, 5.74) is 4.31. The quantitative estimate of drug-likeness (QED) is 0.879. The zero-order valence-corrected chi connectivity index (χ0v) is 10.6. The third-order valence-electron chi connectivity index (χ3n) is 2.21. The van der Waals surface area contributed by atoms with Crippen molar-refractivity contribution in [3.05, 3.63) is 11.8 Å².